The van der Waals surface area contributed by atoms with Crippen LogP contribution in [0.5, 0.6) is 0 Å². The van der Waals surface area contributed by atoms with Gasteiger partial charge in [-0.3, -0.25) is 0 Å². The minimum absolute atomic E-state index is 0.149. The molecule has 1 fully saturated rings. The average Bonchev–Trinajstić information content (AvgIpc) is 2.36. The number of morpholine rings is 1. The average molecular weight is 260 g/mol. The first kappa shape index (κ1) is 13.9. The number of anilines is 1. The molecule has 0 aliphatic carbocycles. The van der Waals surface area contributed by atoms with Crippen LogP contribution in [0, 0.1) is 11.3 Å². The lowest BCUT2D eigenvalue weighted by atomic mass is 10.0. The lowest BCUT2D eigenvalue weighted by molar-refractivity contribution is -0.00538. The molecule has 1 aromatic carbocycles. The minimum atomic E-state index is -0.545. The summed E-state index contributed by atoms with van der Waals surface area (Å²) >= 11 is 0. The van der Waals surface area contributed by atoms with E-state index in [1.54, 1.807) is 13.0 Å². The van der Waals surface area contributed by atoms with Crippen molar-refractivity contribution in [1.29, 1.82) is 5.26 Å². The van der Waals surface area contributed by atoms with Crippen molar-refractivity contribution < 1.29 is 9.84 Å². The van der Waals surface area contributed by atoms with Crippen LogP contribution in [-0.4, -0.2) is 30.4 Å². The minimum Gasteiger partial charge on any atom is -0.389 e. The normalized spacial score (nSPS) is 24.9. The van der Waals surface area contributed by atoms with Gasteiger partial charge < -0.3 is 14.7 Å². The molecule has 1 saturated heterocycles. The second kappa shape index (κ2) is 5.60. The third-order valence-electron chi connectivity index (χ3n) is 3.37. The number of rotatable bonds is 2. The number of aliphatic hydroxyl groups excluding tert-OH is 1. The first-order chi connectivity index (χ1) is 9.01. The molecule has 1 heterocycles. The van der Waals surface area contributed by atoms with Gasteiger partial charge in [-0.05, 0) is 32.9 Å². The Labute approximate surface area is 114 Å². The lowest BCUT2D eigenvalue weighted by Gasteiger charge is -2.38. The molecule has 2 rings (SSSR count). The summed E-state index contributed by atoms with van der Waals surface area (Å²) < 4.78 is 5.73. The van der Waals surface area contributed by atoms with Crippen molar-refractivity contribution in [1.82, 2.24) is 0 Å². The molecule has 1 aliphatic rings. The van der Waals surface area contributed by atoms with Crippen LogP contribution < -0.4 is 4.90 Å². The molecule has 4 heteroatoms. The van der Waals surface area contributed by atoms with Gasteiger partial charge in [0.1, 0.15) is 0 Å². The number of hydrogen-bond donors (Lipinski definition) is 1. The van der Waals surface area contributed by atoms with E-state index >= 15 is 0 Å². The highest BCUT2D eigenvalue weighted by Crippen LogP contribution is 2.29. The molecule has 0 amide bonds. The fourth-order valence-electron chi connectivity index (χ4n) is 2.61. The summed E-state index contributed by atoms with van der Waals surface area (Å²) in [6, 6.07) is 7.59. The van der Waals surface area contributed by atoms with E-state index in [0.29, 0.717) is 5.56 Å². The van der Waals surface area contributed by atoms with E-state index in [1.807, 2.05) is 26.0 Å². The van der Waals surface area contributed by atoms with Gasteiger partial charge in [0.2, 0.25) is 0 Å². The van der Waals surface area contributed by atoms with Gasteiger partial charge in [-0.1, -0.05) is 6.07 Å². The number of nitrogens with zero attached hydrogens (tertiary/aromatic N) is 2. The van der Waals surface area contributed by atoms with Crippen molar-refractivity contribution >= 4 is 5.69 Å². The number of ether oxygens (including phenoxy) is 1. The van der Waals surface area contributed by atoms with Crippen molar-refractivity contribution in [2.75, 3.05) is 18.0 Å². The Hall–Kier alpha value is -1.57. The molecule has 1 N–H and O–H groups in total. The summed E-state index contributed by atoms with van der Waals surface area (Å²) in [6.07, 6.45) is -0.246. The molecular formula is C15H20N2O2. The number of nitriles is 1. The van der Waals surface area contributed by atoms with E-state index in [4.69, 9.17) is 10.00 Å². The Morgan fingerprint density at radius 3 is 2.53 bits per heavy atom. The maximum atomic E-state index is 9.89. The maximum Gasteiger partial charge on any atom is 0.0992 e. The van der Waals surface area contributed by atoms with E-state index in [1.165, 1.54) is 0 Å². The Balaban J connectivity index is 2.38. The molecule has 3 unspecified atom stereocenters. The second-order valence-electron chi connectivity index (χ2n) is 5.22. The Morgan fingerprint density at radius 1 is 1.37 bits per heavy atom. The number of aliphatic hydroxyl groups is 1. The van der Waals surface area contributed by atoms with Crippen molar-refractivity contribution in [3.63, 3.8) is 0 Å². The van der Waals surface area contributed by atoms with Gasteiger partial charge in [-0.2, -0.15) is 5.26 Å². The third-order valence-corrected chi connectivity index (χ3v) is 3.37. The second-order valence-corrected chi connectivity index (χ2v) is 5.22. The molecule has 19 heavy (non-hydrogen) atoms. The van der Waals surface area contributed by atoms with E-state index in [9.17, 15) is 5.11 Å². The predicted octanol–water partition coefficient (Wildman–Crippen LogP) is 2.23. The van der Waals surface area contributed by atoms with Crippen LogP contribution in [-0.2, 0) is 4.74 Å². The van der Waals surface area contributed by atoms with Crippen molar-refractivity contribution in [3.05, 3.63) is 29.3 Å². The van der Waals surface area contributed by atoms with Crippen LogP contribution in [0.15, 0.2) is 18.2 Å². The molecule has 0 bridgehead atoms. The van der Waals surface area contributed by atoms with Crippen molar-refractivity contribution in [2.24, 2.45) is 0 Å². The zero-order chi connectivity index (χ0) is 14.0. The van der Waals surface area contributed by atoms with Crippen LogP contribution in [0.3, 0.4) is 0 Å². The summed E-state index contributed by atoms with van der Waals surface area (Å²) in [6.45, 7) is 7.38. The molecule has 0 aromatic heterocycles. The summed E-state index contributed by atoms with van der Waals surface area (Å²) in [5.41, 5.74) is 2.42. The summed E-state index contributed by atoms with van der Waals surface area (Å²) in [4.78, 5) is 2.20. The molecule has 1 aromatic rings. The molecule has 3 atom stereocenters. The third kappa shape index (κ3) is 3.06. The zero-order valence-corrected chi connectivity index (χ0v) is 11.6. The Kier molecular flexibility index (Phi) is 4.08. The summed E-state index contributed by atoms with van der Waals surface area (Å²) in [5.74, 6) is 0. The predicted molar refractivity (Wildman–Crippen MR) is 74.0 cm³/mol. The van der Waals surface area contributed by atoms with Gasteiger partial charge in [0, 0.05) is 24.3 Å². The molecule has 0 spiro atoms. The molecule has 0 saturated carbocycles. The van der Waals surface area contributed by atoms with E-state index in [0.717, 1.165) is 24.3 Å². The van der Waals surface area contributed by atoms with Crippen LogP contribution in [0.1, 0.15) is 38.0 Å². The smallest absolute Gasteiger partial charge is 0.0992 e. The highest BCUT2D eigenvalue weighted by Gasteiger charge is 2.25. The summed E-state index contributed by atoms with van der Waals surface area (Å²) in [5, 5.41) is 18.9. The van der Waals surface area contributed by atoms with Gasteiger partial charge >= 0.3 is 0 Å². The van der Waals surface area contributed by atoms with E-state index in [-0.39, 0.29) is 12.2 Å². The Bertz CT molecular complexity index is 483. The van der Waals surface area contributed by atoms with Crippen LogP contribution >= 0.6 is 0 Å². The Morgan fingerprint density at radius 2 is 2.00 bits per heavy atom. The van der Waals surface area contributed by atoms with Gasteiger partial charge in [-0.15, -0.1) is 0 Å². The van der Waals surface area contributed by atoms with Gasteiger partial charge in [0.25, 0.3) is 0 Å². The molecule has 4 nitrogen and oxygen atoms in total. The fourth-order valence-corrected chi connectivity index (χ4v) is 2.61. The lowest BCUT2D eigenvalue weighted by Crippen LogP contribution is -2.46. The highest BCUT2D eigenvalue weighted by atomic mass is 16.5. The first-order valence-corrected chi connectivity index (χ1v) is 6.63. The fraction of sp³-hybridized carbons (Fsp3) is 0.533. The molecule has 102 valence electrons. The monoisotopic (exact) mass is 260 g/mol. The first-order valence-electron chi connectivity index (χ1n) is 6.63. The quantitative estimate of drug-likeness (QED) is 0.886. The molecule has 1 aliphatic heterocycles. The van der Waals surface area contributed by atoms with Crippen LogP contribution in [0.2, 0.25) is 0 Å². The highest BCUT2D eigenvalue weighted by molar-refractivity contribution is 5.59. The number of benzene rings is 1. The van der Waals surface area contributed by atoms with Gasteiger partial charge in [0.15, 0.2) is 0 Å². The largest absolute Gasteiger partial charge is 0.389 e. The van der Waals surface area contributed by atoms with E-state index in [2.05, 4.69) is 11.0 Å². The van der Waals surface area contributed by atoms with Gasteiger partial charge in [0.05, 0.1) is 29.9 Å². The topological polar surface area (TPSA) is 56.5 Å². The SMILES string of the molecule is CC1CN(c2cc(C#N)ccc2C(C)O)CC(C)O1. The van der Waals surface area contributed by atoms with E-state index < -0.39 is 6.10 Å². The zero-order valence-electron chi connectivity index (χ0n) is 11.6. The molecule has 0 radical (unpaired) electrons. The van der Waals surface area contributed by atoms with Gasteiger partial charge in [-0.25, -0.2) is 0 Å². The van der Waals surface area contributed by atoms with Crippen molar-refractivity contribution in [2.45, 2.75) is 39.1 Å². The van der Waals surface area contributed by atoms with Crippen molar-refractivity contribution in [3.8, 4) is 6.07 Å². The van der Waals surface area contributed by atoms with Crippen LogP contribution in [0.4, 0.5) is 5.69 Å². The van der Waals surface area contributed by atoms with Crippen LogP contribution in [0.25, 0.3) is 0 Å². The number of hydrogen-bond acceptors (Lipinski definition) is 4. The standard InChI is InChI=1S/C15H20N2O2/c1-10-8-17(9-11(2)19-10)15-6-13(7-16)4-5-14(15)12(3)18/h4-6,10-12,18H,8-9H2,1-3H3. The maximum absolute atomic E-state index is 9.89. The molecular weight excluding hydrogens is 240 g/mol. The summed E-state index contributed by atoms with van der Waals surface area (Å²) in [7, 11) is 0.